The van der Waals surface area contributed by atoms with Crippen molar-refractivity contribution in [3.8, 4) is 0 Å². The first-order valence-electron chi connectivity index (χ1n) is 23.2. The number of unbranched alkanes of at least 4 members (excludes halogenated alkanes) is 30. The van der Waals surface area contributed by atoms with E-state index >= 15 is 0 Å². The van der Waals surface area contributed by atoms with Crippen molar-refractivity contribution in [2.45, 2.75) is 238 Å². The van der Waals surface area contributed by atoms with Gasteiger partial charge < -0.3 is 20.1 Å². The Balaban J connectivity index is 3.84. The number of hydrogen-bond donors (Lipinski definition) is 2. The number of phosphoric ester groups is 1. The van der Waals surface area contributed by atoms with E-state index in [1.165, 1.54) is 180 Å². The molecule has 0 aromatic carbocycles. The molecule has 54 heavy (non-hydrogen) atoms. The van der Waals surface area contributed by atoms with Crippen LogP contribution in [-0.4, -0.2) is 49.9 Å². The first-order valence-corrected chi connectivity index (χ1v) is 24.7. The predicted octanol–water partition coefficient (Wildman–Crippen LogP) is 13.9. The van der Waals surface area contributed by atoms with Gasteiger partial charge in [-0.25, -0.2) is 4.57 Å². The van der Waals surface area contributed by atoms with E-state index < -0.39 is 13.9 Å². The molecule has 0 amide bonds. The van der Waals surface area contributed by atoms with Crippen LogP contribution in [0, 0.1) is 0 Å². The molecule has 9 heteroatoms. The van der Waals surface area contributed by atoms with Crippen LogP contribution in [0.1, 0.15) is 232 Å². The van der Waals surface area contributed by atoms with Crippen LogP contribution in [0.25, 0.3) is 0 Å². The minimum atomic E-state index is -4.27. The van der Waals surface area contributed by atoms with E-state index in [9.17, 15) is 14.3 Å². The number of ether oxygens (including phenoxy) is 2. The molecule has 0 aliphatic heterocycles. The Labute approximate surface area is 334 Å². The smallest absolute Gasteiger partial charge is 0.457 e. The molecule has 0 aliphatic rings. The molecule has 3 N–H and O–H groups in total. The van der Waals surface area contributed by atoms with E-state index in [0.717, 1.165) is 32.1 Å². The van der Waals surface area contributed by atoms with Gasteiger partial charge in [0.2, 0.25) is 0 Å². The number of carbonyl (C=O) groups excluding carboxylic acids is 1. The normalized spacial score (nSPS) is 13.5. The van der Waals surface area contributed by atoms with Gasteiger partial charge in [-0.2, -0.15) is 0 Å². The molecule has 2 atom stereocenters. The van der Waals surface area contributed by atoms with Gasteiger partial charge >= 0.3 is 13.8 Å². The molecule has 2 unspecified atom stereocenters. The monoisotopic (exact) mass is 788 g/mol. The van der Waals surface area contributed by atoms with Crippen molar-refractivity contribution in [3.63, 3.8) is 0 Å². The minimum absolute atomic E-state index is 0.0919. The molecule has 0 bridgehead atoms. The highest BCUT2D eigenvalue weighted by Crippen LogP contribution is 2.43. The van der Waals surface area contributed by atoms with Crippen molar-refractivity contribution in [1.82, 2.24) is 0 Å². The maximum atomic E-state index is 12.6. The summed E-state index contributed by atoms with van der Waals surface area (Å²) in [5.41, 5.74) is 5.37. The lowest BCUT2D eigenvalue weighted by atomic mass is 10.0. The predicted molar refractivity (Wildman–Crippen MR) is 229 cm³/mol. The van der Waals surface area contributed by atoms with Crippen LogP contribution >= 0.6 is 7.82 Å². The molecule has 0 radical (unpaired) electrons. The number of allylic oxidation sites excluding steroid dienone is 2. The lowest BCUT2D eigenvalue weighted by molar-refractivity contribution is -0.154. The van der Waals surface area contributed by atoms with Crippen LogP contribution in [0.15, 0.2) is 12.2 Å². The van der Waals surface area contributed by atoms with Gasteiger partial charge in [-0.1, -0.05) is 199 Å². The van der Waals surface area contributed by atoms with Gasteiger partial charge in [-0.15, -0.1) is 0 Å². The number of phosphoric acid groups is 1. The highest BCUT2D eigenvalue weighted by molar-refractivity contribution is 7.47. The summed E-state index contributed by atoms with van der Waals surface area (Å²) in [7, 11) is -4.27. The third-order valence-corrected chi connectivity index (χ3v) is 11.2. The van der Waals surface area contributed by atoms with Gasteiger partial charge in [-0.05, 0) is 38.5 Å². The number of rotatable bonds is 45. The van der Waals surface area contributed by atoms with Gasteiger partial charge in [0.1, 0.15) is 6.10 Å². The second kappa shape index (κ2) is 43.4. The molecule has 0 heterocycles. The molecule has 322 valence electrons. The molecule has 0 fully saturated rings. The molecule has 0 aromatic rings. The summed E-state index contributed by atoms with van der Waals surface area (Å²) in [6.07, 6.45) is 46.7. The molecule has 8 nitrogen and oxygen atoms in total. The number of carbonyl (C=O) groups is 1. The number of nitrogens with two attached hydrogens (primary N) is 1. The third-order valence-electron chi connectivity index (χ3n) is 10.2. The second-order valence-electron chi connectivity index (χ2n) is 15.6. The average Bonchev–Trinajstić information content (AvgIpc) is 3.16. The lowest BCUT2D eigenvalue weighted by Crippen LogP contribution is -2.28. The Hall–Kier alpha value is -0.760. The van der Waals surface area contributed by atoms with Crippen LogP contribution in [0.3, 0.4) is 0 Å². The van der Waals surface area contributed by atoms with Crippen LogP contribution in [0.2, 0.25) is 0 Å². The van der Waals surface area contributed by atoms with Gasteiger partial charge in [0, 0.05) is 19.6 Å². The standard InChI is InChI=1S/C45H90NO7P/c1-3-5-7-9-11-13-15-16-17-18-19-20-21-22-23-24-25-26-27-28-29-30-32-34-36-38-45(47)53-44(43-52-54(48,49)51-41-39-46)42-50-40-37-35-33-31-14-12-10-8-6-4-2/h18-19,44H,3-17,20-43,46H2,1-2H3,(H,48,49)/b19-18-. The van der Waals surface area contributed by atoms with Crippen molar-refractivity contribution >= 4 is 13.8 Å². The molecule has 0 spiro atoms. The maximum Gasteiger partial charge on any atom is 0.472 e. The highest BCUT2D eigenvalue weighted by Gasteiger charge is 2.25. The lowest BCUT2D eigenvalue weighted by Gasteiger charge is -2.20. The van der Waals surface area contributed by atoms with Crippen molar-refractivity contribution < 1.29 is 32.8 Å². The summed E-state index contributed by atoms with van der Waals surface area (Å²) in [6, 6.07) is 0. The molecular formula is C45H90NO7P. The van der Waals surface area contributed by atoms with E-state index in [1.54, 1.807) is 0 Å². The SMILES string of the molecule is CCCCCCCCCC/C=C\CCCCCCCCCCCCCCCC(=O)OC(COCCCCCCCCCCCC)COP(=O)(O)OCCN. The Morgan fingerprint density at radius 1 is 0.537 bits per heavy atom. The minimum Gasteiger partial charge on any atom is -0.457 e. The highest BCUT2D eigenvalue weighted by atomic mass is 31.2. The molecule has 0 saturated heterocycles. The van der Waals surface area contributed by atoms with Gasteiger partial charge in [0.05, 0.1) is 19.8 Å². The molecule has 0 rings (SSSR count). The van der Waals surface area contributed by atoms with E-state index in [0.29, 0.717) is 13.0 Å². The van der Waals surface area contributed by atoms with Crippen molar-refractivity contribution in [2.75, 3.05) is 33.0 Å². The van der Waals surface area contributed by atoms with E-state index in [-0.39, 0.29) is 32.3 Å². The van der Waals surface area contributed by atoms with Crippen molar-refractivity contribution in [2.24, 2.45) is 5.73 Å². The van der Waals surface area contributed by atoms with Crippen LogP contribution in [0.4, 0.5) is 0 Å². The number of hydrogen-bond acceptors (Lipinski definition) is 7. The fourth-order valence-corrected chi connectivity index (χ4v) is 7.52. The average molecular weight is 788 g/mol. The summed E-state index contributed by atoms with van der Waals surface area (Å²) in [4.78, 5) is 22.5. The Kier molecular flexibility index (Phi) is 42.8. The van der Waals surface area contributed by atoms with E-state index in [2.05, 4.69) is 26.0 Å². The zero-order valence-electron chi connectivity index (χ0n) is 35.7. The van der Waals surface area contributed by atoms with Crippen LogP contribution in [-0.2, 0) is 27.9 Å². The maximum absolute atomic E-state index is 12.6. The topological polar surface area (TPSA) is 117 Å². The summed E-state index contributed by atoms with van der Waals surface area (Å²) in [6.45, 7) is 4.96. The van der Waals surface area contributed by atoms with Gasteiger partial charge in [0.25, 0.3) is 0 Å². The van der Waals surface area contributed by atoms with Crippen molar-refractivity contribution in [1.29, 1.82) is 0 Å². The Bertz CT molecular complexity index is 843. The Morgan fingerprint density at radius 2 is 0.926 bits per heavy atom. The Morgan fingerprint density at radius 3 is 1.35 bits per heavy atom. The zero-order valence-corrected chi connectivity index (χ0v) is 36.6. The van der Waals surface area contributed by atoms with Crippen LogP contribution in [0.5, 0.6) is 0 Å². The summed E-state index contributed by atoms with van der Waals surface area (Å²) >= 11 is 0. The molecule has 0 aliphatic carbocycles. The fraction of sp³-hybridized carbons (Fsp3) is 0.933. The molecule has 0 saturated carbocycles. The van der Waals surface area contributed by atoms with E-state index in [4.69, 9.17) is 24.3 Å². The quantitative estimate of drug-likeness (QED) is 0.0271. The first kappa shape index (κ1) is 53.2. The summed E-state index contributed by atoms with van der Waals surface area (Å²) < 4.78 is 33.4. The van der Waals surface area contributed by atoms with E-state index in [1.807, 2.05) is 0 Å². The third kappa shape index (κ3) is 42.4. The van der Waals surface area contributed by atoms with Gasteiger partial charge in [-0.3, -0.25) is 13.8 Å². The fourth-order valence-electron chi connectivity index (χ4n) is 6.76. The summed E-state index contributed by atoms with van der Waals surface area (Å²) in [5, 5.41) is 0. The largest absolute Gasteiger partial charge is 0.472 e. The molecular weight excluding hydrogens is 697 g/mol. The number of esters is 1. The zero-order chi connectivity index (χ0) is 39.5. The first-order chi connectivity index (χ1) is 26.4. The molecule has 0 aromatic heterocycles. The summed E-state index contributed by atoms with van der Waals surface area (Å²) in [5.74, 6) is -0.327. The van der Waals surface area contributed by atoms with Gasteiger partial charge in [0.15, 0.2) is 0 Å². The van der Waals surface area contributed by atoms with Crippen molar-refractivity contribution in [3.05, 3.63) is 12.2 Å². The van der Waals surface area contributed by atoms with Crippen LogP contribution < -0.4 is 5.73 Å². The second-order valence-corrected chi connectivity index (χ2v) is 17.1.